The lowest BCUT2D eigenvalue weighted by Crippen LogP contribution is -2.37. The lowest BCUT2D eigenvalue weighted by Gasteiger charge is -2.21. The highest BCUT2D eigenvalue weighted by Gasteiger charge is 2.20. The second-order valence-corrected chi connectivity index (χ2v) is 6.38. The van der Waals surface area contributed by atoms with Gasteiger partial charge in [-0.3, -0.25) is 4.79 Å². The predicted octanol–water partition coefficient (Wildman–Crippen LogP) is 1.25. The first kappa shape index (κ1) is 18.5. The Morgan fingerprint density at radius 1 is 1.29 bits per heavy atom. The van der Waals surface area contributed by atoms with Gasteiger partial charge in [0, 0.05) is 19.0 Å². The lowest BCUT2D eigenvalue weighted by atomic mass is 9.97. The monoisotopic (exact) mass is 335 g/mol. The number of amides is 1. The highest BCUT2D eigenvalue weighted by atomic mass is 16.5. The first-order chi connectivity index (χ1) is 11.6. The van der Waals surface area contributed by atoms with Gasteiger partial charge in [-0.25, -0.2) is 0 Å². The van der Waals surface area contributed by atoms with Crippen LogP contribution in [0.2, 0.25) is 0 Å². The number of nitrogens with one attached hydrogen (secondary N) is 2. The molecule has 6 heteroatoms. The molecule has 2 rings (SSSR count). The van der Waals surface area contributed by atoms with Gasteiger partial charge in [0.15, 0.2) is 11.5 Å². The van der Waals surface area contributed by atoms with E-state index in [1.54, 1.807) is 7.11 Å². The molecule has 0 aromatic heterocycles. The maximum atomic E-state index is 12.2. The molecule has 1 saturated heterocycles. The van der Waals surface area contributed by atoms with Crippen molar-refractivity contribution in [1.29, 1.82) is 0 Å². The molecule has 6 nitrogen and oxygen atoms in total. The molecule has 0 unspecified atom stereocenters. The summed E-state index contributed by atoms with van der Waals surface area (Å²) in [4.78, 5) is 14.3. The van der Waals surface area contributed by atoms with Crippen molar-refractivity contribution in [2.75, 3.05) is 47.4 Å². The zero-order chi connectivity index (χ0) is 17.4. The van der Waals surface area contributed by atoms with Gasteiger partial charge in [0.2, 0.25) is 5.91 Å². The van der Waals surface area contributed by atoms with E-state index >= 15 is 0 Å². The fourth-order valence-electron chi connectivity index (χ4n) is 2.70. The molecule has 1 amide bonds. The van der Waals surface area contributed by atoms with Crippen molar-refractivity contribution in [2.45, 2.75) is 19.4 Å². The molecule has 0 aliphatic carbocycles. The van der Waals surface area contributed by atoms with Crippen LogP contribution in [0.15, 0.2) is 18.2 Å². The number of benzene rings is 1. The molecule has 0 radical (unpaired) electrons. The minimum Gasteiger partial charge on any atom is -0.493 e. The van der Waals surface area contributed by atoms with Crippen molar-refractivity contribution in [3.63, 3.8) is 0 Å². The van der Waals surface area contributed by atoms with Crippen LogP contribution in [0.5, 0.6) is 11.5 Å². The van der Waals surface area contributed by atoms with Gasteiger partial charge in [0.1, 0.15) is 6.61 Å². The Balaban J connectivity index is 1.87. The highest BCUT2D eigenvalue weighted by Crippen LogP contribution is 2.28. The molecule has 1 aliphatic rings. The molecule has 1 fully saturated rings. The van der Waals surface area contributed by atoms with Crippen molar-refractivity contribution >= 4 is 5.91 Å². The molecule has 24 heavy (non-hydrogen) atoms. The molecule has 0 atom stereocenters. The van der Waals surface area contributed by atoms with Crippen LogP contribution >= 0.6 is 0 Å². The molecule has 1 aliphatic heterocycles. The van der Waals surface area contributed by atoms with Crippen LogP contribution in [0.1, 0.15) is 18.4 Å². The summed E-state index contributed by atoms with van der Waals surface area (Å²) in [5.41, 5.74) is 1.01. The first-order valence-electron chi connectivity index (χ1n) is 8.53. The van der Waals surface area contributed by atoms with E-state index in [4.69, 9.17) is 9.47 Å². The van der Waals surface area contributed by atoms with Crippen LogP contribution in [0.4, 0.5) is 0 Å². The Kier molecular flexibility index (Phi) is 7.34. The molecular formula is C18H29N3O3. The summed E-state index contributed by atoms with van der Waals surface area (Å²) in [6, 6.07) is 5.80. The first-order valence-corrected chi connectivity index (χ1v) is 8.53. The molecule has 0 spiro atoms. The van der Waals surface area contributed by atoms with Gasteiger partial charge in [0.05, 0.1) is 7.11 Å². The van der Waals surface area contributed by atoms with Crippen LogP contribution in [-0.4, -0.2) is 58.3 Å². The highest BCUT2D eigenvalue weighted by molar-refractivity contribution is 5.78. The van der Waals surface area contributed by atoms with Crippen LogP contribution < -0.4 is 20.1 Å². The van der Waals surface area contributed by atoms with E-state index in [1.807, 2.05) is 32.3 Å². The molecule has 0 saturated carbocycles. The topological polar surface area (TPSA) is 62.8 Å². The van der Waals surface area contributed by atoms with Gasteiger partial charge in [-0.05, 0) is 57.7 Å². The Hall–Kier alpha value is -1.79. The third kappa shape index (κ3) is 5.69. The van der Waals surface area contributed by atoms with Crippen molar-refractivity contribution < 1.29 is 14.3 Å². The van der Waals surface area contributed by atoms with Crippen molar-refractivity contribution in [3.05, 3.63) is 23.8 Å². The zero-order valence-corrected chi connectivity index (χ0v) is 14.9. The smallest absolute Gasteiger partial charge is 0.223 e. The SMILES string of the molecule is COc1cc(CNC(=O)C2CCNCC2)ccc1OCCN(C)C. The fraction of sp³-hybridized carbons (Fsp3) is 0.611. The summed E-state index contributed by atoms with van der Waals surface area (Å²) in [7, 11) is 5.65. The van der Waals surface area contributed by atoms with Gasteiger partial charge in [0.25, 0.3) is 0 Å². The van der Waals surface area contributed by atoms with E-state index in [9.17, 15) is 4.79 Å². The number of methoxy groups -OCH3 is 1. The molecule has 2 N–H and O–H groups in total. The van der Waals surface area contributed by atoms with E-state index in [1.165, 1.54) is 0 Å². The maximum absolute atomic E-state index is 12.2. The normalized spacial score (nSPS) is 15.3. The third-order valence-electron chi connectivity index (χ3n) is 4.20. The minimum atomic E-state index is 0.127. The van der Waals surface area contributed by atoms with Gasteiger partial charge in [-0.2, -0.15) is 0 Å². The number of carbonyl (C=O) groups excluding carboxylic acids is 1. The largest absolute Gasteiger partial charge is 0.493 e. The summed E-state index contributed by atoms with van der Waals surface area (Å²) < 4.78 is 11.2. The lowest BCUT2D eigenvalue weighted by molar-refractivity contribution is -0.125. The fourth-order valence-corrected chi connectivity index (χ4v) is 2.70. The van der Waals surface area contributed by atoms with E-state index in [2.05, 4.69) is 15.5 Å². The van der Waals surface area contributed by atoms with Crippen molar-refractivity contribution in [3.8, 4) is 11.5 Å². The molecule has 1 aromatic rings. The van der Waals surface area contributed by atoms with Crippen LogP contribution in [0.25, 0.3) is 0 Å². The second-order valence-electron chi connectivity index (χ2n) is 6.38. The summed E-state index contributed by atoms with van der Waals surface area (Å²) >= 11 is 0. The molecule has 134 valence electrons. The number of likely N-dealkylation sites (N-methyl/N-ethyl adjacent to an activating group) is 1. The van der Waals surface area contributed by atoms with Crippen LogP contribution in [0, 0.1) is 5.92 Å². The number of rotatable bonds is 8. The number of hydrogen-bond donors (Lipinski definition) is 2. The average Bonchev–Trinajstić information content (AvgIpc) is 2.60. The third-order valence-corrected chi connectivity index (χ3v) is 4.20. The standard InChI is InChI=1S/C18H29N3O3/c1-21(2)10-11-24-16-5-4-14(12-17(16)23-3)13-20-18(22)15-6-8-19-9-7-15/h4-5,12,15,19H,6-11,13H2,1-3H3,(H,20,22). The van der Waals surface area contributed by atoms with Crippen LogP contribution in [0.3, 0.4) is 0 Å². The summed E-state index contributed by atoms with van der Waals surface area (Å²) in [5, 5.41) is 6.30. The molecular weight excluding hydrogens is 306 g/mol. The quantitative estimate of drug-likeness (QED) is 0.749. The van der Waals surface area contributed by atoms with Gasteiger partial charge in [-0.15, -0.1) is 0 Å². The Morgan fingerprint density at radius 3 is 2.71 bits per heavy atom. The zero-order valence-electron chi connectivity index (χ0n) is 14.9. The van der Waals surface area contributed by atoms with Crippen LogP contribution in [-0.2, 0) is 11.3 Å². The number of carbonyl (C=O) groups is 1. The molecule has 0 bridgehead atoms. The number of nitrogens with zero attached hydrogens (tertiary/aromatic N) is 1. The summed E-state index contributed by atoms with van der Waals surface area (Å²) in [6.07, 6.45) is 1.82. The van der Waals surface area contributed by atoms with E-state index in [0.29, 0.717) is 18.9 Å². The van der Waals surface area contributed by atoms with Crippen molar-refractivity contribution in [1.82, 2.24) is 15.5 Å². The van der Waals surface area contributed by atoms with Gasteiger partial charge < -0.3 is 25.0 Å². The Bertz CT molecular complexity index is 528. The van der Waals surface area contributed by atoms with E-state index < -0.39 is 0 Å². The van der Waals surface area contributed by atoms with E-state index in [0.717, 1.165) is 43.8 Å². The minimum absolute atomic E-state index is 0.127. The second kappa shape index (κ2) is 9.49. The maximum Gasteiger partial charge on any atom is 0.223 e. The van der Waals surface area contributed by atoms with Gasteiger partial charge in [-0.1, -0.05) is 6.07 Å². The van der Waals surface area contributed by atoms with Crippen molar-refractivity contribution in [2.24, 2.45) is 5.92 Å². The number of piperidine rings is 1. The average molecular weight is 335 g/mol. The summed E-state index contributed by atoms with van der Waals surface area (Å²) in [6.45, 7) is 3.80. The number of hydrogen-bond acceptors (Lipinski definition) is 5. The Morgan fingerprint density at radius 2 is 2.04 bits per heavy atom. The Labute approximate surface area is 144 Å². The van der Waals surface area contributed by atoms with Gasteiger partial charge >= 0.3 is 0 Å². The summed E-state index contributed by atoms with van der Waals surface area (Å²) in [5.74, 6) is 1.69. The molecule has 1 heterocycles. The molecule has 1 aromatic carbocycles. The number of ether oxygens (including phenoxy) is 2. The van der Waals surface area contributed by atoms with E-state index in [-0.39, 0.29) is 11.8 Å². The predicted molar refractivity (Wildman–Crippen MR) is 94.5 cm³/mol.